The second-order valence-electron chi connectivity index (χ2n) is 3.70. The summed E-state index contributed by atoms with van der Waals surface area (Å²) in [6.45, 7) is 5.77. The molecule has 16 heavy (non-hydrogen) atoms. The van der Waals surface area contributed by atoms with Crippen LogP contribution in [0.4, 0.5) is 0 Å². The number of amides is 1. The lowest BCUT2D eigenvalue weighted by molar-refractivity contribution is -0.133. The van der Waals surface area contributed by atoms with Gasteiger partial charge in [-0.3, -0.25) is 4.79 Å². The number of hydrogen-bond acceptors (Lipinski definition) is 5. The van der Waals surface area contributed by atoms with Gasteiger partial charge in [0.2, 0.25) is 0 Å². The van der Waals surface area contributed by atoms with Crippen molar-refractivity contribution in [3.63, 3.8) is 0 Å². The molecule has 0 fully saturated rings. The van der Waals surface area contributed by atoms with Crippen molar-refractivity contribution in [3.05, 3.63) is 12.2 Å². The van der Waals surface area contributed by atoms with Gasteiger partial charge in [0, 0.05) is 26.1 Å². The number of rotatable bonds is 7. The van der Waals surface area contributed by atoms with E-state index in [-0.39, 0.29) is 11.6 Å². The second-order valence-corrected chi connectivity index (χ2v) is 3.70. The van der Waals surface area contributed by atoms with Gasteiger partial charge in [0.1, 0.15) is 0 Å². The Kier molecular flexibility index (Phi) is 6.20. The summed E-state index contributed by atoms with van der Waals surface area (Å²) in [6, 6.07) is 0. The molecule has 94 valence electrons. The van der Waals surface area contributed by atoms with Crippen molar-refractivity contribution in [2.45, 2.75) is 19.0 Å². The van der Waals surface area contributed by atoms with Crippen LogP contribution in [-0.4, -0.2) is 44.9 Å². The van der Waals surface area contributed by atoms with Gasteiger partial charge in [-0.05, 0) is 21.0 Å². The van der Waals surface area contributed by atoms with Gasteiger partial charge in [0.15, 0.2) is 0 Å². The van der Waals surface area contributed by atoms with Crippen LogP contribution in [0.3, 0.4) is 0 Å². The van der Waals surface area contributed by atoms with Crippen molar-refractivity contribution in [1.29, 1.82) is 0 Å². The van der Waals surface area contributed by atoms with Crippen LogP contribution in [0, 0.1) is 0 Å². The summed E-state index contributed by atoms with van der Waals surface area (Å²) >= 11 is 0. The van der Waals surface area contributed by atoms with E-state index in [1.807, 2.05) is 21.0 Å². The van der Waals surface area contributed by atoms with Crippen LogP contribution in [0.2, 0.25) is 0 Å². The maximum atomic E-state index is 11.9. The first-order valence-corrected chi connectivity index (χ1v) is 5.19. The number of hydrazine groups is 2. The van der Waals surface area contributed by atoms with E-state index >= 15 is 0 Å². The molecule has 0 heterocycles. The van der Waals surface area contributed by atoms with E-state index in [0.717, 1.165) is 0 Å². The highest BCUT2D eigenvalue weighted by Gasteiger charge is 2.25. The first-order valence-electron chi connectivity index (χ1n) is 5.19. The lowest BCUT2D eigenvalue weighted by Gasteiger charge is -2.30. The van der Waals surface area contributed by atoms with Gasteiger partial charge in [-0.2, -0.15) is 0 Å². The molecule has 0 aliphatic carbocycles. The van der Waals surface area contributed by atoms with Crippen LogP contribution in [0.25, 0.3) is 0 Å². The summed E-state index contributed by atoms with van der Waals surface area (Å²) < 4.78 is 0. The quantitative estimate of drug-likeness (QED) is 0.261. The normalized spacial score (nSPS) is 11.3. The van der Waals surface area contributed by atoms with E-state index in [4.69, 9.17) is 0 Å². The van der Waals surface area contributed by atoms with Crippen molar-refractivity contribution in [2.75, 3.05) is 28.2 Å². The van der Waals surface area contributed by atoms with Gasteiger partial charge in [-0.15, -0.1) is 0 Å². The standard InChI is InChI=1S/C10H23N5O/c1-8(7-10(2,11-3)12-4)9(16)15(13-5)14-6/h11-14H,1,7H2,2-6H3. The summed E-state index contributed by atoms with van der Waals surface area (Å²) in [4.78, 5) is 11.9. The van der Waals surface area contributed by atoms with Gasteiger partial charge in [-0.25, -0.2) is 16.0 Å². The Hall–Kier alpha value is -0.950. The Bertz CT molecular complexity index is 246. The number of hydrogen-bond donors (Lipinski definition) is 4. The van der Waals surface area contributed by atoms with E-state index in [1.165, 1.54) is 5.12 Å². The maximum Gasteiger partial charge on any atom is 0.278 e. The number of carbonyl (C=O) groups excluding carboxylic acids is 1. The third-order valence-electron chi connectivity index (χ3n) is 2.62. The van der Waals surface area contributed by atoms with Crippen LogP contribution >= 0.6 is 0 Å². The highest BCUT2D eigenvalue weighted by atomic mass is 16.2. The fraction of sp³-hybridized carbons (Fsp3) is 0.700. The summed E-state index contributed by atoms with van der Waals surface area (Å²) in [6.07, 6.45) is 0.513. The lowest BCUT2D eigenvalue weighted by Crippen LogP contribution is -2.54. The molecule has 0 rings (SSSR count). The molecule has 0 aromatic heterocycles. The molecule has 0 unspecified atom stereocenters. The van der Waals surface area contributed by atoms with Crippen LogP contribution in [0.5, 0.6) is 0 Å². The Balaban J connectivity index is 4.52. The largest absolute Gasteiger partial charge is 0.302 e. The minimum atomic E-state index is -0.333. The molecule has 4 N–H and O–H groups in total. The zero-order chi connectivity index (χ0) is 12.8. The molecule has 0 spiro atoms. The molecule has 0 aromatic carbocycles. The number of nitrogens with one attached hydrogen (secondary N) is 4. The summed E-state index contributed by atoms with van der Waals surface area (Å²) in [5, 5.41) is 7.50. The van der Waals surface area contributed by atoms with Gasteiger partial charge >= 0.3 is 0 Å². The lowest BCUT2D eigenvalue weighted by atomic mass is 10.0. The van der Waals surface area contributed by atoms with Crippen molar-refractivity contribution < 1.29 is 4.79 Å². The third-order valence-corrected chi connectivity index (χ3v) is 2.62. The van der Waals surface area contributed by atoms with E-state index in [0.29, 0.717) is 12.0 Å². The van der Waals surface area contributed by atoms with E-state index in [1.54, 1.807) is 14.1 Å². The van der Waals surface area contributed by atoms with E-state index in [9.17, 15) is 4.79 Å². The Morgan fingerprint density at radius 2 is 1.62 bits per heavy atom. The van der Waals surface area contributed by atoms with Crippen LogP contribution < -0.4 is 21.5 Å². The first kappa shape index (κ1) is 15.0. The molecule has 1 amide bonds. The second kappa shape index (κ2) is 6.59. The molecule has 0 bridgehead atoms. The molecule has 0 aliphatic rings. The first-order chi connectivity index (χ1) is 7.44. The number of nitrogens with zero attached hydrogens (tertiary/aromatic N) is 1. The summed E-state index contributed by atoms with van der Waals surface area (Å²) in [5.74, 6) is -0.179. The van der Waals surface area contributed by atoms with Gasteiger partial charge < -0.3 is 10.6 Å². The van der Waals surface area contributed by atoms with Crippen molar-refractivity contribution in [2.24, 2.45) is 0 Å². The monoisotopic (exact) mass is 229 g/mol. The zero-order valence-electron chi connectivity index (χ0n) is 10.8. The molecule has 0 saturated carbocycles. The molecule has 6 heteroatoms. The minimum absolute atomic E-state index is 0.179. The SMILES string of the molecule is C=C(CC(C)(NC)NC)C(=O)N(NC)NC. The summed E-state index contributed by atoms with van der Waals surface area (Å²) in [7, 11) is 7.00. The average Bonchev–Trinajstić information content (AvgIpc) is 2.30. The van der Waals surface area contributed by atoms with Crippen LogP contribution in [0.1, 0.15) is 13.3 Å². The van der Waals surface area contributed by atoms with Gasteiger partial charge in [0.05, 0.1) is 5.66 Å². The predicted octanol–water partition coefficient (Wildman–Crippen LogP) is -0.815. The summed E-state index contributed by atoms with van der Waals surface area (Å²) in [5.41, 5.74) is 5.63. The van der Waals surface area contributed by atoms with Crippen molar-refractivity contribution >= 4 is 5.91 Å². The smallest absolute Gasteiger partial charge is 0.278 e. The molecule has 6 nitrogen and oxygen atoms in total. The van der Waals surface area contributed by atoms with Crippen molar-refractivity contribution in [1.82, 2.24) is 26.6 Å². The highest BCUT2D eigenvalue weighted by Crippen LogP contribution is 2.12. The minimum Gasteiger partial charge on any atom is -0.302 e. The van der Waals surface area contributed by atoms with Gasteiger partial charge in [-0.1, -0.05) is 6.58 Å². The number of carbonyl (C=O) groups is 1. The maximum absolute atomic E-state index is 11.9. The molecule has 0 aliphatic heterocycles. The molecule has 0 radical (unpaired) electrons. The Morgan fingerprint density at radius 1 is 1.19 bits per heavy atom. The van der Waals surface area contributed by atoms with Crippen LogP contribution in [-0.2, 0) is 4.79 Å². The fourth-order valence-corrected chi connectivity index (χ4v) is 1.28. The van der Waals surface area contributed by atoms with Gasteiger partial charge in [0.25, 0.3) is 5.91 Å². The fourth-order valence-electron chi connectivity index (χ4n) is 1.28. The van der Waals surface area contributed by atoms with Crippen molar-refractivity contribution in [3.8, 4) is 0 Å². The predicted molar refractivity (Wildman–Crippen MR) is 65.2 cm³/mol. The Labute approximate surface area is 97.4 Å². The zero-order valence-corrected chi connectivity index (χ0v) is 10.8. The third kappa shape index (κ3) is 3.90. The highest BCUT2D eigenvalue weighted by molar-refractivity contribution is 5.92. The molecule has 0 atom stereocenters. The Morgan fingerprint density at radius 3 is 1.94 bits per heavy atom. The average molecular weight is 229 g/mol. The van der Waals surface area contributed by atoms with Crippen LogP contribution in [0.15, 0.2) is 12.2 Å². The molecular weight excluding hydrogens is 206 g/mol. The molecular formula is C10H23N5O. The molecule has 0 aromatic rings. The van der Waals surface area contributed by atoms with E-state index < -0.39 is 0 Å². The van der Waals surface area contributed by atoms with E-state index in [2.05, 4.69) is 28.1 Å². The molecule has 0 saturated heterocycles. The topological polar surface area (TPSA) is 68.4 Å².